The van der Waals surface area contributed by atoms with Crippen molar-refractivity contribution in [3.63, 3.8) is 0 Å². The lowest BCUT2D eigenvalue weighted by Gasteiger charge is -2.36. The highest BCUT2D eigenvalue weighted by molar-refractivity contribution is 5.79. The topological polar surface area (TPSA) is 102 Å². The van der Waals surface area contributed by atoms with Gasteiger partial charge in [-0.05, 0) is 30.9 Å². The van der Waals surface area contributed by atoms with E-state index in [2.05, 4.69) is 20.7 Å². The van der Waals surface area contributed by atoms with Crippen LogP contribution in [0.1, 0.15) is 51.0 Å². The number of nitrogens with zero attached hydrogens (tertiary/aromatic N) is 5. The van der Waals surface area contributed by atoms with Gasteiger partial charge in [-0.1, -0.05) is 6.92 Å². The molecular formula is C16H26N6O3. The Hall–Kier alpha value is -2.03. The number of amides is 2. The molecule has 9 heteroatoms. The Bertz CT molecular complexity index is 611. The first kappa shape index (κ1) is 17.8. The number of tetrazole rings is 1. The van der Waals surface area contributed by atoms with Gasteiger partial charge in [0, 0.05) is 24.9 Å². The van der Waals surface area contributed by atoms with Crippen molar-refractivity contribution in [3.8, 4) is 0 Å². The lowest BCUT2D eigenvalue weighted by Crippen LogP contribution is -2.47. The van der Waals surface area contributed by atoms with E-state index in [0.717, 1.165) is 25.7 Å². The Kier molecular flexibility index (Phi) is 5.62. The molecule has 1 atom stereocenters. The van der Waals surface area contributed by atoms with Crippen molar-refractivity contribution in [2.24, 2.45) is 13.0 Å². The molecule has 0 bridgehead atoms. The maximum atomic E-state index is 12.8. The van der Waals surface area contributed by atoms with E-state index < -0.39 is 0 Å². The van der Waals surface area contributed by atoms with Crippen LogP contribution in [0.3, 0.4) is 0 Å². The van der Waals surface area contributed by atoms with Crippen LogP contribution in [0.25, 0.3) is 0 Å². The standard InChI is InChI=1S/C16H26N6O3/c1-3-14(23)17-12-6-4-11(5-7-12)16(24)22-8-9-25-13(10-22)15-18-20-21(2)19-15/h11-13H,3-10H2,1-2H3,(H,17,23). The third kappa shape index (κ3) is 4.33. The number of aromatic nitrogens is 4. The zero-order valence-corrected chi connectivity index (χ0v) is 14.8. The second-order valence-electron chi connectivity index (χ2n) is 6.75. The van der Waals surface area contributed by atoms with Crippen molar-refractivity contribution in [1.82, 2.24) is 30.4 Å². The molecule has 2 aliphatic rings. The fraction of sp³-hybridized carbons (Fsp3) is 0.812. The smallest absolute Gasteiger partial charge is 0.225 e. The van der Waals surface area contributed by atoms with Crippen LogP contribution in [-0.4, -0.2) is 62.7 Å². The molecule has 2 fully saturated rings. The molecule has 2 amide bonds. The maximum Gasteiger partial charge on any atom is 0.225 e. The molecule has 1 aliphatic heterocycles. The van der Waals surface area contributed by atoms with Crippen LogP contribution in [0, 0.1) is 5.92 Å². The maximum absolute atomic E-state index is 12.8. The van der Waals surface area contributed by atoms with Gasteiger partial charge in [0.1, 0.15) is 6.10 Å². The average Bonchev–Trinajstić information content (AvgIpc) is 3.08. The number of aryl methyl sites for hydroxylation is 1. The van der Waals surface area contributed by atoms with Gasteiger partial charge in [0.25, 0.3) is 0 Å². The Balaban J connectivity index is 1.52. The molecule has 1 aromatic heterocycles. The normalized spacial score (nSPS) is 27.1. The van der Waals surface area contributed by atoms with Crippen molar-refractivity contribution in [1.29, 1.82) is 0 Å². The van der Waals surface area contributed by atoms with Gasteiger partial charge in [0.05, 0.1) is 20.2 Å². The highest BCUT2D eigenvalue weighted by Crippen LogP contribution is 2.28. The van der Waals surface area contributed by atoms with Gasteiger partial charge in [-0.15, -0.1) is 10.2 Å². The molecular weight excluding hydrogens is 324 g/mol. The van der Waals surface area contributed by atoms with Gasteiger partial charge in [-0.3, -0.25) is 9.59 Å². The van der Waals surface area contributed by atoms with Gasteiger partial charge in [-0.2, -0.15) is 4.80 Å². The number of rotatable bonds is 4. The Morgan fingerprint density at radius 3 is 2.68 bits per heavy atom. The molecule has 1 saturated carbocycles. The molecule has 0 radical (unpaired) electrons. The molecule has 0 spiro atoms. The van der Waals surface area contributed by atoms with E-state index in [4.69, 9.17) is 4.74 Å². The quantitative estimate of drug-likeness (QED) is 0.832. The summed E-state index contributed by atoms with van der Waals surface area (Å²) in [6, 6.07) is 0.206. The van der Waals surface area contributed by atoms with E-state index in [1.54, 1.807) is 7.05 Å². The molecule has 1 saturated heterocycles. The summed E-state index contributed by atoms with van der Waals surface area (Å²) in [5.74, 6) is 0.814. The summed E-state index contributed by atoms with van der Waals surface area (Å²) in [6.45, 7) is 3.40. The summed E-state index contributed by atoms with van der Waals surface area (Å²) in [6.07, 6.45) is 3.55. The minimum absolute atomic E-state index is 0.0309. The Morgan fingerprint density at radius 2 is 2.04 bits per heavy atom. The van der Waals surface area contributed by atoms with Crippen molar-refractivity contribution in [3.05, 3.63) is 5.82 Å². The van der Waals surface area contributed by atoms with Gasteiger partial charge in [0.15, 0.2) is 0 Å². The number of carbonyl (C=O) groups excluding carboxylic acids is 2. The van der Waals surface area contributed by atoms with E-state index in [9.17, 15) is 9.59 Å². The first-order valence-corrected chi connectivity index (χ1v) is 9.00. The van der Waals surface area contributed by atoms with E-state index in [-0.39, 0.29) is 29.9 Å². The molecule has 1 N–H and O–H groups in total. The first-order valence-electron chi connectivity index (χ1n) is 9.00. The van der Waals surface area contributed by atoms with E-state index in [1.807, 2.05) is 11.8 Å². The number of carbonyl (C=O) groups is 2. The van der Waals surface area contributed by atoms with E-state index in [1.165, 1.54) is 4.80 Å². The lowest BCUT2D eigenvalue weighted by molar-refractivity contribution is -0.144. The van der Waals surface area contributed by atoms with Crippen LogP contribution >= 0.6 is 0 Å². The van der Waals surface area contributed by atoms with Crippen LogP contribution in [0.5, 0.6) is 0 Å². The highest BCUT2D eigenvalue weighted by atomic mass is 16.5. The molecule has 0 aromatic carbocycles. The van der Waals surface area contributed by atoms with Crippen LogP contribution in [0.15, 0.2) is 0 Å². The fourth-order valence-corrected chi connectivity index (χ4v) is 3.51. The zero-order chi connectivity index (χ0) is 17.8. The predicted molar refractivity (Wildman–Crippen MR) is 88.3 cm³/mol. The van der Waals surface area contributed by atoms with Crippen LogP contribution in [0.2, 0.25) is 0 Å². The summed E-state index contributed by atoms with van der Waals surface area (Å²) in [4.78, 5) is 27.6. The molecule has 2 heterocycles. The summed E-state index contributed by atoms with van der Waals surface area (Å²) in [7, 11) is 1.71. The average molecular weight is 350 g/mol. The van der Waals surface area contributed by atoms with E-state index >= 15 is 0 Å². The summed E-state index contributed by atoms with van der Waals surface area (Å²) < 4.78 is 5.70. The molecule has 1 aliphatic carbocycles. The zero-order valence-electron chi connectivity index (χ0n) is 14.8. The summed E-state index contributed by atoms with van der Waals surface area (Å²) in [5.41, 5.74) is 0. The van der Waals surface area contributed by atoms with Crippen molar-refractivity contribution in [2.75, 3.05) is 19.7 Å². The lowest BCUT2D eigenvalue weighted by atomic mass is 9.85. The number of hydrogen-bond donors (Lipinski definition) is 1. The minimum atomic E-state index is -0.313. The van der Waals surface area contributed by atoms with Gasteiger partial charge in [-0.25, -0.2) is 0 Å². The van der Waals surface area contributed by atoms with Crippen molar-refractivity contribution < 1.29 is 14.3 Å². The second-order valence-corrected chi connectivity index (χ2v) is 6.75. The number of hydrogen-bond acceptors (Lipinski definition) is 6. The van der Waals surface area contributed by atoms with Gasteiger partial charge >= 0.3 is 0 Å². The fourth-order valence-electron chi connectivity index (χ4n) is 3.51. The van der Waals surface area contributed by atoms with Gasteiger partial charge in [0.2, 0.25) is 17.6 Å². The third-order valence-electron chi connectivity index (χ3n) is 4.95. The van der Waals surface area contributed by atoms with Gasteiger partial charge < -0.3 is 15.0 Å². The third-order valence-corrected chi connectivity index (χ3v) is 4.95. The molecule has 138 valence electrons. The predicted octanol–water partition coefficient (Wildman–Crippen LogP) is 0.195. The van der Waals surface area contributed by atoms with Crippen LogP contribution in [0.4, 0.5) is 0 Å². The SMILES string of the molecule is CCC(=O)NC1CCC(C(=O)N2CCOC(c3nnn(C)n3)C2)CC1. The Labute approximate surface area is 147 Å². The Morgan fingerprint density at radius 1 is 1.28 bits per heavy atom. The second kappa shape index (κ2) is 7.90. The molecule has 9 nitrogen and oxygen atoms in total. The van der Waals surface area contributed by atoms with Crippen molar-refractivity contribution in [2.45, 2.75) is 51.2 Å². The largest absolute Gasteiger partial charge is 0.366 e. The van der Waals surface area contributed by atoms with E-state index in [0.29, 0.717) is 31.9 Å². The number of nitrogens with one attached hydrogen (secondary N) is 1. The van der Waals surface area contributed by atoms with Crippen LogP contribution < -0.4 is 5.32 Å². The molecule has 1 unspecified atom stereocenters. The molecule has 25 heavy (non-hydrogen) atoms. The van der Waals surface area contributed by atoms with Crippen molar-refractivity contribution >= 4 is 11.8 Å². The summed E-state index contributed by atoms with van der Waals surface area (Å²) in [5, 5.41) is 15.0. The minimum Gasteiger partial charge on any atom is -0.366 e. The molecule has 3 rings (SSSR count). The monoisotopic (exact) mass is 350 g/mol. The number of ether oxygens (including phenoxy) is 1. The molecule has 1 aromatic rings. The van der Waals surface area contributed by atoms with Crippen LogP contribution in [-0.2, 0) is 21.4 Å². The number of morpholine rings is 1. The highest BCUT2D eigenvalue weighted by Gasteiger charge is 2.34. The summed E-state index contributed by atoms with van der Waals surface area (Å²) >= 11 is 0. The first-order chi connectivity index (χ1) is 12.1.